The zero-order chi connectivity index (χ0) is 20.5. The highest BCUT2D eigenvalue weighted by molar-refractivity contribution is 5.88. The van der Waals surface area contributed by atoms with Crippen molar-refractivity contribution in [3.05, 3.63) is 71.0 Å². The maximum absolute atomic E-state index is 13.1. The molecule has 0 unspecified atom stereocenters. The van der Waals surface area contributed by atoms with Gasteiger partial charge in [-0.05, 0) is 49.1 Å². The molecule has 0 aromatic heterocycles. The fraction of sp³-hybridized carbons (Fsp3) is 0.391. The molecule has 0 aliphatic rings. The summed E-state index contributed by atoms with van der Waals surface area (Å²) in [7, 11) is 0. The summed E-state index contributed by atoms with van der Waals surface area (Å²) < 4.78 is 13.1. The third-order valence-corrected chi connectivity index (χ3v) is 4.87. The number of unbranched alkanes of at least 4 members (excludes halogenated alkanes) is 1. The molecule has 1 atom stereocenters. The Hall–Kier alpha value is -2.69. The van der Waals surface area contributed by atoms with E-state index in [2.05, 4.69) is 12.2 Å². The lowest BCUT2D eigenvalue weighted by Gasteiger charge is -2.29. The van der Waals surface area contributed by atoms with Gasteiger partial charge in [0.25, 0.3) is 0 Å². The highest BCUT2D eigenvalue weighted by Gasteiger charge is 2.26. The van der Waals surface area contributed by atoms with E-state index in [1.165, 1.54) is 12.1 Å². The van der Waals surface area contributed by atoms with E-state index in [1.54, 1.807) is 24.0 Å². The minimum atomic E-state index is -0.593. The average Bonchev–Trinajstić information content (AvgIpc) is 2.68. The Balaban J connectivity index is 2.19. The molecule has 2 aromatic rings. The highest BCUT2D eigenvalue weighted by Crippen LogP contribution is 2.15. The van der Waals surface area contributed by atoms with Crippen LogP contribution in [0.2, 0.25) is 0 Å². The number of amides is 2. The Morgan fingerprint density at radius 1 is 1.11 bits per heavy atom. The van der Waals surface area contributed by atoms with Crippen molar-refractivity contribution in [3.63, 3.8) is 0 Å². The van der Waals surface area contributed by atoms with Gasteiger partial charge in [0.1, 0.15) is 11.9 Å². The molecule has 4 nitrogen and oxygen atoms in total. The Bertz CT molecular complexity index is 789. The first-order chi connectivity index (χ1) is 13.4. The van der Waals surface area contributed by atoms with Crippen molar-refractivity contribution in [2.45, 2.75) is 52.6 Å². The van der Waals surface area contributed by atoms with Gasteiger partial charge in [-0.1, -0.05) is 49.7 Å². The van der Waals surface area contributed by atoms with Crippen LogP contribution in [0.3, 0.4) is 0 Å². The Morgan fingerprint density at radius 2 is 1.79 bits per heavy atom. The fourth-order valence-electron chi connectivity index (χ4n) is 2.97. The molecule has 0 aliphatic heterocycles. The fourth-order valence-corrected chi connectivity index (χ4v) is 2.97. The summed E-state index contributed by atoms with van der Waals surface area (Å²) in [5.74, 6) is -0.654. The summed E-state index contributed by atoms with van der Waals surface area (Å²) in [6.45, 7) is 6.76. The number of hydrogen-bond acceptors (Lipinski definition) is 2. The summed E-state index contributed by atoms with van der Waals surface area (Å²) in [6.07, 6.45) is 2.02. The summed E-state index contributed by atoms with van der Waals surface area (Å²) >= 11 is 0. The number of nitrogens with zero attached hydrogens (tertiary/aromatic N) is 1. The van der Waals surface area contributed by atoms with E-state index in [-0.39, 0.29) is 24.1 Å². The number of aryl methyl sites for hydroxylation is 1. The monoisotopic (exact) mass is 384 g/mol. The van der Waals surface area contributed by atoms with Crippen LogP contribution in [0.1, 0.15) is 43.4 Å². The van der Waals surface area contributed by atoms with Crippen LogP contribution in [0.5, 0.6) is 0 Å². The van der Waals surface area contributed by atoms with Gasteiger partial charge >= 0.3 is 0 Å². The molecule has 0 saturated heterocycles. The third kappa shape index (κ3) is 6.19. The normalized spacial score (nSPS) is 11.7. The van der Waals surface area contributed by atoms with E-state index >= 15 is 0 Å². The van der Waals surface area contributed by atoms with Gasteiger partial charge in [0.15, 0.2) is 0 Å². The van der Waals surface area contributed by atoms with E-state index in [9.17, 15) is 14.0 Å². The molecule has 0 spiro atoms. The van der Waals surface area contributed by atoms with Gasteiger partial charge in [-0.15, -0.1) is 0 Å². The number of nitrogens with one attached hydrogen (secondary N) is 1. The lowest BCUT2D eigenvalue weighted by atomic mass is 10.1. The van der Waals surface area contributed by atoms with E-state index in [1.807, 2.05) is 31.2 Å². The lowest BCUT2D eigenvalue weighted by Crippen LogP contribution is -2.48. The zero-order valence-electron chi connectivity index (χ0n) is 16.9. The number of benzene rings is 2. The molecule has 0 heterocycles. The predicted molar refractivity (Wildman–Crippen MR) is 109 cm³/mol. The summed E-state index contributed by atoms with van der Waals surface area (Å²) in [5.41, 5.74) is 2.80. The molecule has 2 amide bonds. The SMILES string of the molecule is CCCCNC(=O)[C@H](C)N(Cc1ccccc1C)C(=O)Cc1ccc(F)cc1. The van der Waals surface area contributed by atoms with Crippen molar-refractivity contribution < 1.29 is 14.0 Å². The number of rotatable bonds is 9. The molecular formula is C23H29FN2O2. The van der Waals surface area contributed by atoms with Gasteiger partial charge < -0.3 is 10.2 Å². The minimum Gasteiger partial charge on any atom is -0.354 e. The second kappa shape index (κ2) is 10.6. The molecule has 0 aliphatic carbocycles. The van der Waals surface area contributed by atoms with Crippen LogP contribution in [-0.2, 0) is 22.6 Å². The van der Waals surface area contributed by atoms with Crippen LogP contribution in [0.25, 0.3) is 0 Å². The number of carbonyl (C=O) groups is 2. The molecule has 2 aromatic carbocycles. The Morgan fingerprint density at radius 3 is 2.43 bits per heavy atom. The van der Waals surface area contributed by atoms with Gasteiger partial charge in [-0.25, -0.2) is 4.39 Å². The molecule has 5 heteroatoms. The first kappa shape index (κ1) is 21.6. The Kier molecular flexibility index (Phi) is 8.18. The zero-order valence-corrected chi connectivity index (χ0v) is 16.9. The summed E-state index contributed by atoms with van der Waals surface area (Å²) in [5, 5.41) is 2.91. The molecular weight excluding hydrogens is 355 g/mol. The standard InChI is InChI=1S/C23H29FN2O2/c1-4-5-14-25-23(28)18(3)26(16-20-9-7-6-8-17(20)2)22(27)15-19-10-12-21(24)13-11-19/h6-13,18H,4-5,14-16H2,1-3H3,(H,25,28)/t18-/m0/s1. The second-order valence-electron chi connectivity index (χ2n) is 7.07. The molecule has 150 valence electrons. The van der Waals surface area contributed by atoms with Crippen molar-refractivity contribution in [1.82, 2.24) is 10.2 Å². The van der Waals surface area contributed by atoms with E-state index < -0.39 is 6.04 Å². The third-order valence-electron chi connectivity index (χ3n) is 4.87. The maximum atomic E-state index is 13.1. The van der Waals surface area contributed by atoms with Crippen LogP contribution >= 0.6 is 0 Å². The van der Waals surface area contributed by atoms with Crippen LogP contribution in [0, 0.1) is 12.7 Å². The Labute approximate surface area is 166 Å². The van der Waals surface area contributed by atoms with Crippen molar-refractivity contribution in [2.24, 2.45) is 0 Å². The highest BCUT2D eigenvalue weighted by atomic mass is 19.1. The van der Waals surface area contributed by atoms with E-state index in [0.29, 0.717) is 13.1 Å². The minimum absolute atomic E-state index is 0.124. The lowest BCUT2D eigenvalue weighted by molar-refractivity contribution is -0.140. The molecule has 0 saturated carbocycles. The van der Waals surface area contributed by atoms with Crippen LogP contribution in [0.4, 0.5) is 4.39 Å². The van der Waals surface area contributed by atoms with Crippen LogP contribution in [0.15, 0.2) is 48.5 Å². The van der Waals surface area contributed by atoms with Gasteiger partial charge in [0.2, 0.25) is 11.8 Å². The van der Waals surface area contributed by atoms with Gasteiger partial charge in [0.05, 0.1) is 6.42 Å². The molecule has 0 fully saturated rings. The molecule has 1 N–H and O–H groups in total. The first-order valence-electron chi connectivity index (χ1n) is 9.78. The average molecular weight is 384 g/mol. The number of halogens is 1. The van der Waals surface area contributed by atoms with Gasteiger partial charge in [-0.3, -0.25) is 9.59 Å². The number of carbonyl (C=O) groups excluding carboxylic acids is 2. The first-order valence-corrected chi connectivity index (χ1v) is 9.78. The van der Waals surface area contributed by atoms with E-state index in [0.717, 1.165) is 29.5 Å². The molecule has 2 rings (SSSR count). The van der Waals surface area contributed by atoms with Crippen molar-refractivity contribution >= 4 is 11.8 Å². The summed E-state index contributed by atoms with van der Waals surface area (Å²) in [6, 6.07) is 13.1. The molecule has 0 radical (unpaired) electrons. The second-order valence-corrected chi connectivity index (χ2v) is 7.07. The quantitative estimate of drug-likeness (QED) is 0.664. The van der Waals surface area contributed by atoms with Gasteiger partial charge in [0, 0.05) is 13.1 Å². The predicted octanol–water partition coefficient (Wildman–Crippen LogP) is 4.01. The maximum Gasteiger partial charge on any atom is 0.242 e. The molecule has 28 heavy (non-hydrogen) atoms. The smallest absolute Gasteiger partial charge is 0.242 e. The molecule has 0 bridgehead atoms. The summed E-state index contributed by atoms with van der Waals surface area (Å²) in [4.78, 5) is 27.2. The van der Waals surface area contributed by atoms with Crippen LogP contribution < -0.4 is 5.32 Å². The van der Waals surface area contributed by atoms with E-state index in [4.69, 9.17) is 0 Å². The van der Waals surface area contributed by atoms with Crippen molar-refractivity contribution in [3.8, 4) is 0 Å². The topological polar surface area (TPSA) is 49.4 Å². The van der Waals surface area contributed by atoms with Crippen molar-refractivity contribution in [1.29, 1.82) is 0 Å². The number of hydrogen-bond donors (Lipinski definition) is 1. The largest absolute Gasteiger partial charge is 0.354 e. The van der Waals surface area contributed by atoms with Crippen LogP contribution in [-0.4, -0.2) is 29.3 Å². The van der Waals surface area contributed by atoms with Crippen molar-refractivity contribution in [2.75, 3.05) is 6.54 Å². The van der Waals surface area contributed by atoms with Gasteiger partial charge in [-0.2, -0.15) is 0 Å².